The molecule has 1 fully saturated rings. The molecule has 0 saturated carbocycles. The lowest BCUT2D eigenvalue weighted by Crippen LogP contribution is -2.40. The van der Waals surface area contributed by atoms with Gasteiger partial charge in [0.15, 0.2) is 11.5 Å². The molecule has 1 saturated heterocycles. The summed E-state index contributed by atoms with van der Waals surface area (Å²) >= 11 is 0. The summed E-state index contributed by atoms with van der Waals surface area (Å²) in [6, 6.07) is 6.85. The molecule has 6 heteroatoms. The lowest BCUT2D eigenvalue weighted by Gasteiger charge is -2.38. The predicted octanol–water partition coefficient (Wildman–Crippen LogP) is 3.13. The van der Waals surface area contributed by atoms with Crippen LogP contribution < -0.4 is 5.32 Å². The molecule has 130 valence electrons. The van der Waals surface area contributed by atoms with Crippen LogP contribution in [0.5, 0.6) is 0 Å². The van der Waals surface area contributed by atoms with Gasteiger partial charge < -0.3 is 15.0 Å². The number of hydrogen-bond acceptors (Lipinski definition) is 5. The van der Waals surface area contributed by atoms with Crippen molar-refractivity contribution in [3.8, 4) is 0 Å². The summed E-state index contributed by atoms with van der Waals surface area (Å²) < 4.78 is 5.65. The molecule has 0 radical (unpaired) electrons. The van der Waals surface area contributed by atoms with E-state index in [4.69, 9.17) is 4.74 Å². The first-order valence-electron chi connectivity index (χ1n) is 8.71. The SMILES string of the molecule is Cc1cc(C)cc(C2(CNc3ncnc4nc[nH]c34)CCOCC2)c1. The Labute approximate surface area is 147 Å². The van der Waals surface area contributed by atoms with Gasteiger partial charge >= 0.3 is 0 Å². The highest BCUT2D eigenvalue weighted by molar-refractivity contribution is 5.81. The van der Waals surface area contributed by atoms with E-state index in [0.29, 0.717) is 5.65 Å². The highest BCUT2D eigenvalue weighted by Crippen LogP contribution is 2.36. The van der Waals surface area contributed by atoms with Gasteiger partial charge in [-0.25, -0.2) is 15.0 Å². The van der Waals surface area contributed by atoms with Gasteiger partial charge in [0.2, 0.25) is 0 Å². The van der Waals surface area contributed by atoms with Crippen molar-refractivity contribution in [2.45, 2.75) is 32.1 Å². The van der Waals surface area contributed by atoms with Crippen LogP contribution >= 0.6 is 0 Å². The Morgan fingerprint density at radius 1 is 1.08 bits per heavy atom. The number of aromatic nitrogens is 4. The quantitative estimate of drug-likeness (QED) is 0.765. The zero-order valence-corrected chi connectivity index (χ0v) is 14.7. The summed E-state index contributed by atoms with van der Waals surface area (Å²) in [5.41, 5.74) is 5.58. The van der Waals surface area contributed by atoms with Gasteiger partial charge in [0.1, 0.15) is 11.8 Å². The second kappa shape index (κ2) is 6.44. The summed E-state index contributed by atoms with van der Waals surface area (Å²) in [4.78, 5) is 15.9. The topological polar surface area (TPSA) is 75.7 Å². The summed E-state index contributed by atoms with van der Waals surface area (Å²) in [7, 11) is 0. The summed E-state index contributed by atoms with van der Waals surface area (Å²) in [6.07, 6.45) is 5.21. The van der Waals surface area contributed by atoms with E-state index < -0.39 is 0 Å². The smallest absolute Gasteiger partial charge is 0.182 e. The number of aryl methyl sites for hydroxylation is 2. The van der Waals surface area contributed by atoms with E-state index in [9.17, 15) is 0 Å². The predicted molar refractivity (Wildman–Crippen MR) is 97.8 cm³/mol. The van der Waals surface area contributed by atoms with Crippen LogP contribution in [0.25, 0.3) is 11.2 Å². The Hall–Kier alpha value is -2.47. The maximum absolute atomic E-state index is 5.65. The third-order valence-electron chi connectivity index (χ3n) is 5.10. The average Bonchev–Trinajstić information content (AvgIpc) is 3.09. The van der Waals surface area contributed by atoms with E-state index in [1.54, 1.807) is 12.7 Å². The molecule has 0 aliphatic carbocycles. The molecule has 1 aromatic carbocycles. The fourth-order valence-electron chi connectivity index (χ4n) is 3.76. The van der Waals surface area contributed by atoms with Crippen molar-refractivity contribution in [3.05, 3.63) is 47.5 Å². The van der Waals surface area contributed by atoms with E-state index in [1.165, 1.54) is 16.7 Å². The van der Waals surface area contributed by atoms with Gasteiger partial charge in [-0.15, -0.1) is 0 Å². The number of anilines is 1. The molecular formula is C19H23N5O. The van der Waals surface area contributed by atoms with Crippen LogP contribution in [0, 0.1) is 13.8 Å². The van der Waals surface area contributed by atoms with Crippen LogP contribution in [-0.2, 0) is 10.2 Å². The van der Waals surface area contributed by atoms with Crippen LogP contribution in [0.3, 0.4) is 0 Å². The molecule has 1 aliphatic heterocycles. The molecule has 0 atom stereocenters. The zero-order valence-electron chi connectivity index (χ0n) is 14.7. The molecular weight excluding hydrogens is 314 g/mol. The van der Waals surface area contributed by atoms with Crippen molar-refractivity contribution in [2.24, 2.45) is 0 Å². The van der Waals surface area contributed by atoms with Crippen molar-refractivity contribution >= 4 is 17.0 Å². The monoisotopic (exact) mass is 337 g/mol. The molecule has 2 aromatic heterocycles. The fourth-order valence-corrected chi connectivity index (χ4v) is 3.76. The minimum atomic E-state index is 0.0479. The van der Waals surface area contributed by atoms with Crippen molar-refractivity contribution in [1.82, 2.24) is 19.9 Å². The number of nitrogens with one attached hydrogen (secondary N) is 2. The van der Waals surface area contributed by atoms with E-state index in [1.807, 2.05) is 0 Å². The number of rotatable bonds is 4. The average molecular weight is 337 g/mol. The molecule has 6 nitrogen and oxygen atoms in total. The van der Waals surface area contributed by atoms with Crippen LogP contribution in [0.4, 0.5) is 5.82 Å². The van der Waals surface area contributed by atoms with Gasteiger partial charge in [-0.3, -0.25) is 0 Å². The number of benzene rings is 1. The van der Waals surface area contributed by atoms with Gasteiger partial charge in [-0.1, -0.05) is 29.3 Å². The van der Waals surface area contributed by atoms with E-state index in [2.05, 4.69) is 57.3 Å². The van der Waals surface area contributed by atoms with Crippen LogP contribution in [-0.4, -0.2) is 39.7 Å². The van der Waals surface area contributed by atoms with Crippen molar-refractivity contribution < 1.29 is 4.74 Å². The summed E-state index contributed by atoms with van der Waals surface area (Å²) in [5.74, 6) is 0.803. The second-order valence-corrected chi connectivity index (χ2v) is 6.95. The Morgan fingerprint density at radius 3 is 2.60 bits per heavy atom. The van der Waals surface area contributed by atoms with Crippen LogP contribution in [0.15, 0.2) is 30.9 Å². The largest absolute Gasteiger partial charge is 0.381 e. The molecule has 0 amide bonds. The third kappa shape index (κ3) is 3.09. The van der Waals surface area contributed by atoms with Crippen LogP contribution in [0.1, 0.15) is 29.5 Å². The molecule has 0 bridgehead atoms. The van der Waals surface area contributed by atoms with Gasteiger partial charge in [0, 0.05) is 25.2 Å². The number of aromatic amines is 1. The standard InChI is InChI=1S/C19H23N5O/c1-13-7-14(2)9-15(8-13)19(3-5-25-6-4-19)10-20-17-16-18(22-11-21-16)24-12-23-17/h7-9,11-12H,3-6,10H2,1-2H3,(H2,20,21,22,23,24). The number of hydrogen-bond donors (Lipinski definition) is 2. The lowest BCUT2D eigenvalue weighted by molar-refractivity contribution is 0.0543. The molecule has 0 spiro atoms. The number of H-pyrrole nitrogens is 1. The Morgan fingerprint density at radius 2 is 1.84 bits per heavy atom. The highest BCUT2D eigenvalue weighted by atomic mass is 16.5. The fraction of sp³-hybridized carbons (Fsp3) is 0.421. The molecule has 0 unspecified atom stereocenters. The van der Waals surface area contributed by atoms with Gasteiger partial charge in [-0.05, 0) is 32.3 Å². The number of ether oxygens (including phenoxy) is 1. The third-order valence-corrected chi connectivity index (χ3v) is 5.10. The molecule has 2 N–H and O–H groups in total. The molecule has 25 heavy (non-hydrogen) atoms. The van der Waals surface area contributed by atoms with Crippen molar-refractivity contribution in [1.29, 1.82) is 0 Å². The van der Waals surface area contributed by atoms with Gasteiger partial charge in [-0.2, -0.15) is 0 Å². The lowest BCUT2D eigenvalue weighted by atomic mass is 9.73. The maximum Gasteiger partial charge on any atom is 0.182 e. The summed E-state index contributed by atoms with van der Waals surface area (Å²) in [6.45, 7) is 6.71. The number of imidazole rings is 1. The molecule has 1 aliphatic rings. The Kier molecular flexibility index (Phi) is 4.13. The first kappa shape index (κ1) is 16.0. The minimum absolute atomic E-state index is 0.0479. The Balaban J connectivity index is 1.66. The maximum atomic E-state index is 5.65. The second-order valence-electron chi connectivity index (χ2n) is 6.95. The zero-order chi connectivity index (χ0) is 17.3. The van der Waals surface area contributed by atoms with Gasteiger partial charge in [0.25, 0.3) is 0 Å². The minimum Gasteiger partial charge on any atom is -0.381 e. The molecule has 4 rings (SSSR count). The van der Waals surface area contributed by atoms with E-state index >= 15 is 0 Å². The Bertz CT molecular complexity index is 862. The van der Waals surface area contributed by atoms with E-state index in [-0.39, 0.29) is 5.41 Å². The summed E-state index contributed by atoms with van der Waals surface area (Å²) in [5, 5.41) is 3.54. The van der Waals surface area contributed by atoms with Crippen molar-refractivity contribution in [2.75, 3.05) is 25.1 Å². The number of fused-ring (bicyclic) bond motifs is 1. The first-order chi connectivity index (χ1) is 12.2. The highest BCUT2D eigenvalue weighted by Gasteiger charge is 2.35. The molecule has 3 heterocycles. The van der Waals surface area contributed by atoms with E-state index in [0.717, 1.165) is 43.9 Å². The van der Waals surface area contributed by atoms with Crippen molar-refractivity contribution in [3.63, 3.8) is 0 Å². The van der Waals surface area contributed by atoms with Crippen LogP contribution in [0.2, 0.25) is 0 Å². The first-order valence-corrected chi connectivity index (χ1v) is 8.71. The molecule has 3 aromatic rings. The van der Waals surface area contributed by atoms with Gasteiger partial charge in [0.05, 0.1) is 6.33 Å². The normalized spacial score (nSPS) is 16.9. The number of nitrogens with zero attached hydrogens (tertiary/aromatic N) is 3.